The summed E-state index contributed by atoms with van der Waals surface area (Å²) in [5.74, 6) is 0.102. The van der Waals surface area contributed by atoms with Crippen LogP contribution in [0, 0.1) is 0 Å². The van der Waals surface area contributed by atoms with Gasteiger partial charge in [0, 0.05) is 0 Å². The number of benzene rings is 1. The lowest BCUT2D eigenvalue weighted by Crippen LogP contribution is -2.38. The fourth-order valence-electron chi connectivity index (χ4n) is 2.10. The predicted molar refractivity (Wildman–Crippen MR) is 75.4 cm³/mol. The molecule has 10 heteroatoms. The molecule has 2 aromatic rings. The van der Waals surface area contributed by atoms with Crippen molar-refractivity contribution in [1.82, 2.24) is 14.8 Å². The van der Waals surface area contributed by atoms with E-state index in [0.717, 1.165) is 0 Å². The highest BCUT2D eigenvalue weighted by Crippen LogP contribution is 2.30. The second kappa shape index (κ2) is 5.59. The van der Waals surface area contributed by atoms with Crippen LogP contribution in [0.15, 0.2) is 29.0 Å². The van der Waals surface area contributed by atoms with Crippen molar-refractivity contribution in [3.63, 3.8) is 0 Å². The van der Waals surface area contributed by atoms with Crippen LogP contribution in [0.3, 0.4) is 0 Å². The Morgan fingerprint density at radius 3 is 2.57 bits per heavy atom. The second-order valence-corrected chi connectivity index (χ2v) is 5.89. The minimum Gasteiger partial charge on any atom is -0.489 e. The van der Waals surface area contributed by atoms with Crippen LogP contribution < -0.4 is 14.2 Å². The van der Waals surface area contributed by atoms with E-state index < -0.39 is 12.0 Å². The van der Waals surface area contributed by atoms with E-state index in [2.05, 4.69) is 30.7 Å². The number of halogens is 4. The van der Waals surface area contributed by atoms with Gasteiger partial charge >= 0.3 is 12.4 Å². The maximum Gasteiger partial charge on any atom is 0.573 e. The number of ether oxygens (including phenoxy) is 3. The zero-order valence-corrected chi connectivity index (χ0v) is 13.4. The van der Waals surface area contributed by atoms with Gasteiger partial charge in [-0.15, -0.1) is 18.3 Å². The van der Waals surface area contributed by atoms with Crippen molar-refractivity contribution in [1.29, 1.82) is 0 Å². The number of nitrogens with zero attached hydrogens (tertiary/aromatic N) is 3. The van der Waals surface area contributed by atoms with Crippen LogP contribution in [0.2, 0.25) is 0 Å². The highest BCUT2D eigenvalue weighted by Gasteiger charge is 2.38. The molecule has 0 fully saturated rings. The molecular weight excluding hydrogens is 383 g/mol. The molecule has 0 spiro atoms. The maximum atomic E-state index is 12.1. The lowest BCUT2D eigenvalue weighted by atomic mass is 10.1. The van der Waals surface area contributed by atoms with Crippen molar-refractivity contribution in [3.05, 3.63) is 29.0 Å². The van der Waals surface area contributed by atoms with Crippen LogP contribution in [0.25, 0.3) is 0 Å². The molecule has 23 heavy (non-hydrogen) atoms. The lowest BCUT2D eigenvalue weighted by molar-refractivity contribution is -0.274. The molecule has 0 saturated heterocycles. The van der Waals surface area contributed by atoms with Crippen LogP contribution in [0.1, 0.15) is 6.92 Å². The Bertz CT molecular complexity index is 679. The van der Waals surface area contributed by atoms with E-state index >= 15 is 0 Å². The van der Waals surface area contributed by atoms with Gasteiger partial charge in [0.15, 0.2) is 5.60 Å². The molecule has 0 aliphatic carbocycles. The normalized spacial score (nSPS) is 20.0. The number of alkyl halides is 3. The van der Waals surface area contributed by atoms with Crippen LogP contribution in [0.5, 0.6) is 17.5 Å². The Balaban J connectivity index is 1.57. The Morgan fingerprint density at radius 1 is 1.30 bits per heavy atom. The van der Waals surface area contributed by atoms with E-state index in [4.69, 9.17) is 9.47 Å². The van der Waals surface area contributed by atoms with E-state index in [0.29, 0.717) is 23.0 Å². The first-order valence-electron chi connectivity index (χ1n) is 6.50. The molecule has 1 aromatic carbocycles. The van der Waals surface area contributed by atoms with E-state index in [9.17, 15) is 13.2 Å². The van der Waals surface area contributed by atoms with E-state index in [1.165, 1.54) is 24.3 Å². The summed E-state index contributed by atoms with van der Waals surface area (Å²) in [6, 6.07) is 5.55. The SMILES string of the molecule is CC1(COc2ccc(OC(F)(F)F)cc2)Cn2nc(Br)nc2O1. The van der Waals surface area contributed by atoms with E-state index in [-0.39, 0.29) is 12.4 Å². The summed E-state index contributed by atoms with van der Waals surface area (Å²) in [4.78, 5) is 4.05. The molecular formula is C13H11BrF3N3O3. The van der Waals surface area contributed by atoms with Crippen molar-refractivity contribution in [3.8, 4) is 17.5 Å². The molecule has 0 amide bonds. The Kier molecular flexibility index (Phi) is 3.86. The first-order chi connectivity index (χ1) is 10.7. The van der Waals surface area contributed by atoms with Crippen molar-refractivity contribution in [2.75, 3.05) is 6.61 Å². The van der Waals surface area contributed by atoms with Crippen LogP contribution in [-0.4, -0.2) is 33.3 Å². The van der Waals surface area contributed by atoms with Gasteiger partial charge in [0.05, 0.1) is 6.54 Å². The Hall–Kier alpha value is -1.97. The summed E-state index contributed by atoms with van der Waals surface area (Å²) in [7, 11) is 0. The smallest absolute Gasteiger partial charge is 0.489 e. The third-order valence-electron chi connectivity index (χ3n) is 3.04. The van der Waals surface area contributed by atoms with Crippen LogP contribution in [-0.2, 0) is 6.54 Å². The summed E-state index contributed by atoms with van der Waals surface area (Å²) in [5, 5.41) is 4.11. The molecule has 1 aliphatic rings. The number of aromatic nitrogens is 3. The number of fused-ring (bicyclic) bond motifs is 1. The quantitative estimate of drug-likeness (QED) is 0.798. The first kappa shape index (κ1) is 15.9. The zero-order valence-electron chi connectivity index (χ0n) is 11.8. The van der Waals surface area contributed by atoms with Gasteiger partial charge < -0.3 is 14.2 Å². The van der Waals surface area contributed by atoms with Gasteiger partial charge in [-0.25, -0.2) is 4.68 Å². The van der Waals surface area contributed by atoms with Crippen LogP contribution >= 0.6 is 15.9 Å². The Labute approximate surface area is 137 Å². The summed E-state index contributed by atoms with van der Waals surface area (Å²) in [6.45, 7) is 2.48. The highest BCUT2D eigenvalue weighted by molar-refractivity contribution is 9.10. The molecule has 1 aromatic heterocycles. The monoisotopic (exact) mass is 393 g/mol. The Morgan fingerprint density at radius 2 is 1.96 bits per heavy atom. The zero-order chi connectivity index (χ0) is 16.7. The minimum atomic E-state index is -4.71. The van der Waals surface area contributed by atoms with E-state index in [1.54, 1.807) is 4.68 Å². The molecule has 1 aliphatic heterocycles. The summed E-state index contributed by atoms with van der Waals surface area (Å²) in [5.41, 5.74) is -0.656. The molecule has 0 saturated carbocycles. The highest BCUT2D eigenvalue weighted by atomic mass is 79.9. The van der Waals surface area contributed by atoms with Gasteiger partial charge in [-0.3, -0.25) is 0 Å². The molecule has 124 valence electrons. The topological polar surface area (TPSA) is 58.4 Å². The first-order valence-corrected chi connectivity index (χ1v) is 7.30. The molecule has 0 bridgehead atoms. The molecule has 3 rings (SSSR count). The molecule has 0 radical (unpaired) electrons. The van der Waals surface area contributed by atoms with Gasteiger partial charge in [0.1, 0.15) is 18.1 Å². The average molecular weight is 394 g/mol. The molecule has 6 nitrogen and oxygen atoms in total. The van der Waals surface area contributed by atoms with E-state index in [1.807, 2.05) is 6.92 Å². The van der Waals surface area contributed by atoms with Gasteiger partial charge in [-0.2, -0.15) is 4.98 Å². The lowest BCUT2D eigenvalue weighted by Gasteiger charge is -2.22. The predicted octanol–water partition coefficient (Wildman–Crippen LogP) is 3.17. The fourth-order valence-corrected chi connectivity index (χ4v) is 2.44. The molecule has 2 heterocycles. The van der Waals surface area contributed by atoms with Crippen LogP contribution in [0.4, 0.5) is 13.2 Å². The van der Waals surface area contributed by atoms with Gasteiger partial charge in [0.25, 0.3) is 0 Å². The van der Waals surface area contributed by atoms with Gasteiger partial charge in [-0.1, -0.05) is 0 Å². The number of hydrogen-bond donors (Lipinski definition) is 0. The third kappa shape index (κ3) is 3.87. The number of hydrogen-bond acceptors (Lipinski definition) is 5. The third-order valence-corrected chi connectivity index (χ3v) is 3.37. The largest absolute Gasteiger partial charge is 0.573 e. The maximum absolute atomic E-state index is 12.1. The minimum absolute atomic E-state index is 0.190. The molecule has 1 atom stereocenters. The fraction of sp³-hybridized carbons (Fsp3) is 0.385. The van der Waals surface area contributed by atoms with Crippen molar-refractivity contribution in [2.24, 2.45) is 0 Å². The number of rotatable bonds is 4. The van der Waals surface area contributed by atoms with Crippen molar-refractivity contribution in [2.45, 2.75) is 25.4 Å². The van der Waals surface area contributed by atoms with Gasteiger partial charge in [-0.05, 0) is 47.1 Å². The molecule has 1 unspecified atom stereocenters. The van der Waals surface area contributed by atoms with Crippen molar-refractivity contribution >= 4 is 15.9 Å². The average Bonchev–Trinajstić information content (AvgIpc) is 2.89. The van der Waals surface area contributed by atoms with Crippen molar-refractivity contribution < 1.29 is 27.4 Å². The summed E-state index contributed by atoms with van der Waals surface area (Å²) >= 11 is 3.15. The molecule has 0 N–H and O–H groups in total. The standard InChI is InChI=1S/C13H11BrF3N3O3/c1-12(6-20-11(23-12)18-10(14)19-20)7-21-8-2-4-9(5-3-8)22-13(15,16)17/h2-5H,6-7H2,1H3. The summed E-state index contributed by atoms with van der Waals surface area (Å²) < 4.78 is 53.3. The second-order valence-electron chi connectivity index (χ2n) is 5.18. The van der Waals surface area contributed by atoms with Gasteiger partial charge in [0.2, 0.25) is 4.73 Å². The summed E-state index contributed by atoms with van der Waals surface area (Å²) in [6.07, 6.45) is -4.71.